The third-order valence-electron chi connectivity index (χ3n) is 5.43. The maximum Gasteiger partial charge on any atom is 0.271 e. The zero-order valence-corrected chi connectivity index (χ0v) is 17.8. The van der Waals surface area contributed by atoms with Crippen molar-refractivity contribution in [2.24, 2.45) is 0 Å². The Labute approximate surface area is 171 Å². The van der Waals surface area contributed by atoms with E-state index in [1.165, 1.54) is 0 Å². The topological polar surface area (TPSA) is 95.3 Å². The number of nitrogens with zero attached hydrogens (tertiary/aromatic N) is 2. The molecule has 2 heterocycles. The number of sulfone groups is 1. The van der Waals surface area contributed by atoms with Gasteiger partial charge in [-0.2, -0.15) is 5.26 Å². The highest BCUT2D eigenvalue weighted by molar-refractivity contribution is 7.91. The van der Waals surface area contributed by atoms with Crippen molar-refractivity contribution in [1.82, 2.24) is 4.90 Å². The number of imide groups is 1. The van der Waals surface area contributed by atoms with Gasteiger partial charge in [0.1, 0.15) is 11.6 Å². The van der Waals surface area contributed by atoms with Gasteiger partial charge in [0, 0.05) is 5.57 Å². The lowest BCUT2D eigenvalue weighted by molar-refractivity contribution is -0.142. The molecular formula is C22H24N2O4S. The van der Waals surface area contributed by atoms with Crippen LogP contribution in [-0.4, -0.2) is 42.7 Å². The molecular weight excluding hydrogens is 388 g/mol. The molecule has 2 aliphatic heterocycles. The van der Waals surface area contributed by atoms with E-state index in [2.05, 4.69) is 20.8 Å². The predicted octanol–water partition coefficient (Wildman–Crippen LogP) is 2.76. The summed E-state index contributed by atoms with van der Waals surface area (Å²) in [6.45, 7) is 7.90. The molecule has 0 bridgehead atoms. The summed E-state index contributed by atoms with van der Waals surface area (Å²) in [4.78, 5) is 26.8. The molecule has 0 aromatic heterocycles. The Kier molecular flexibility index (Phi) is 5.26. The highest BCUT2D eigenvalue weighted by Crippen LogP contribution is 2.31. The molecule has 1 aromatic rings. The van der Waals surface area contributed by atoms with E-state index in [4.69, 9.17) is 0 Å². The lowest BCUT2D eigenvalue weighted by atomic mass is 9.86. The average Bonchev–Trinajstić information content (AvgIpc) is 2.98. The highest BCUT2D eigenvalue weighted by Gasteiger charge is 2.43. The van der Waals surface area contributed by atoms with Gasteiger partial charge in [-0.3, -0.25) is 14.5 Å². The van der Waals surface area contributed by atoms with Crippen LogP contribution in [0.4, 0.5) is 0 Å². The maximum absolute atomic E-state index is 13.1. The molecule has 6 nitrogen and oxygen atoms in total. The molecule has 0 saturated carbocycles. The van der Waals surface area contributed by atoms with E-state index in [9.17, 15) is 23.3 Å². The number of amides is 2. The van der Waals surface area contributed by atoms with Gasteiger partial charge in [0.15, 0.2) is 9.84 Å². The lowest BCUT2D eigenvalue weighted by Crippen LogP contribution is -2.49. The van der Waals surface area contributed by atoms with Crippen LogP contribution in [0.1, 0.15) is 45.2 Å². The number of hydrogen-bond donors (Lipinski definition) is 0. The van der Waals surface area contributed by atoms with Crippen molar-refractivity contribution in [3.05, 3.63) is 52.1 Å². The fraction of sp³-hybridized carbons (Fsp3) is 0.409. The first-order chi connectivity index (χ1) is 13.4. The van der Waals surface area contributed by atoms with Crippen LogP contribution in [0.2, 0.25) is 0 Å². The summed E-state index contributed by atoms with van der Waals surface area (Å²) >= 11 is 0. The molecule has 1 unspecified atom stereocenters. The van der Waals surface area contributed by atoms with E-state index in [0.717, 1.165) is 16.0 Å². The van der Waals surface area contributed by atoms with Crippen molar-refractivity contribution >= 4 is 27.7 Å². The summed E-state index contributed by atoms with van der Waals surface area (Å²) < 4.78 is 23.7. The second-order valence-corrected chi connectivity index (χ2v) is 10.8. The zero-order chi connectivity index (χ0) is 21.6. The number of nitriles is 1. The summed E-state index contributed by atoms with van der Waals surface area (Å²) in [5.74, 6) is -1.58. The van der Waals surface area contributed by atoms with Crippen LogP contribution in [0.5, 0.6) is 0 Å². The van der Waals surface area contributed by atoms with Gasteiger partial charge in [0.05, 0.1) is 17.5 Å². The summed E-state index contributed by atoms with van der Waals surface area (Å²) in [5, 5.41) is 9.48. The monoisotopic (exact) mass is 412 g/mol. The Balaban J connectivity index is 2.04. The van der Waals surface area contributed by atoms with E-state index < -0.39 is 27.7 Å². The summed E-state index contributed by atoms with van der Waals surface area (Å²) in [6, 6.07) is 8.90. The number of carbonyl (C=O) groups excluding carboxylic acids is 2. The molecule has 1 aromatic carbocycles. The minimum Gasteiger partial charge on any atom is -0.270 e. The molecule has 0 spiro atoms. The second kappa shape index (κ2) is 7.27. The van der Waals surface area contributed by atoms with E-state index >= 15 is 0 Å². The summed E-state index contributed by atoms with van der Waals surface area (Å²) in [5.41, 5.74) is 2.35. The predicted molar refractivity (Wildman–Crippen MR) is 110 cm³/mol. The summed E-state index contributed by atoms with van der Waals surface area (Å²) in [7, 11) is -3.29. The van der Waals surface area contributed by atoms with Gasteiger partial charge in [-0.25, -0.2) is 8.42 Å². The van der Waals surface area contributed by atoms with Crippen molar-refractivity contribution in [3.8, 4) is 6.07 Å². The van der Waals surface area contributed by atoms with Gasteiger partial charge in [-0.15, -0.1) is 0 Å². The van der Waals surface area contributed by atoms with E-state index in [1.807, 2.05) is 30.3 Å². The van der Waals surface area contributed by atoms with Crippen LogP contribution in [0, 0.1) is 11.3 Å². The van der Waals surface area contributed by atoms with Gasteiger partial charge in [0.2, 0.25) is 0 Å². The fourth-order valence-corrected chi connectivity index (χ4v) is 5.36. The average molecular weight is 413 g/mol. The maximum atomic E-state index is 13.1. The Hall–Kier alpha value is -2.72. The molecule has 1 fully saturated rings. The van der Waals surface area contributed by atoms with Crippen LogP contribution < -0.4 is 0 Å². The van der Waals surface area contributed by atoms with Crippen molar-refractivity contribution < 1.29 is 18.0 Å². The Morgan fingerprint density at radius 1 is 1.14 bits per heavy atom. The normalized spacial score (nSPS) is 23.6. The van der Waals surface area contributed by atoms with Crippen LogP contribution in [-0.2, 0) is 24.8 Å². The van der Waals surface area contributed by atoms with Crippen molar-refractivity contribution in [2.75, 3.05) is 11.5 Å². The molecule has 3 rings (SSSR count). The molecule has 7 heteroatoms. The largest absolute Gasteiger partial charge is 0.271 e. The van der Waals surface area contributed by atoms with E-state index in [0.29, 0.717) is 5.57 Å². The van der Waals surface area contributed by atoms with E-state index in [1.54, 1.807) is 13.0 Å². The molecule has 0 N–H and O–H groups in total. The fourth-order valence-electron chi connectivity index (χ4n) is 3.66. The highest BCUT2D eigenvalue weighted by atomic mass is 32.2. The van der Waals surface area contributed by atoms with Crippen LogP contribution in [0.15, 0.2) is 41.0 Å². The molecule has 152 valence electrons. The first kappa shape index (κ1) is 21.0. The number of hydrogen-bond acceptors (Lipinski definition) is 5. The van der Waals surface area contributed by atoms with Crippen molar-refractivity contribution in [2.45, 2.75) is 45.6 Å². The zero-order valence-electron chi connectivity index (χ0n) is 17.0. The van der Waals surface area contributed by atoms with Crippen LogP contribution in [0.25, 0.3) is 6.08 Å². The lowest BCUT2D eigenvalue weighted by Gasteiger charge is -2.31. The minimum absolute atomic E-state index is 0.00664. The van der Waals surface area contributed by atoms with Gasteiger partial charge >= 0.3 is 0 Å². The van der Waals surface area contributed by atoms with E-state index in [-0.39, 0.29) is 34.5 Å². The molecule has 0 radical (unpaired) electrons. The standard InChI is InChI=1S/C22H24N2O4S/c1-14-18(11-15-5-7-16(8-6-15)22(2,3)4)20(25)24(21(26)19(14)12-23)17-9-10-29(27,28)13-17/h5-8,11,17H,9-10,13H2,1-4H3. The van der Waals surface area contributed by atoms with Gasteiger partial charge < -0.3 is 0 Å². The second-order valence-electron chi connectivity index (χ2n) is 8.58. The third kappa shape index (κ3) is 4.03. The molecule has 2 amide bonds. The first-order valence-electron chi connectivity index (χ1n) is 9.46. The van der Waals surface area contributed by atoms with Gasteiger partial charge in [-0.1, -0.05) is 45.0 Å². The molecule has 29 heavy (non-hydrogen) atoms. The first-order valence-corrected chi connectivity index (χ1v) is 11.3. The quantitative estimate of drug-likeness (QED) is 0.550. The van der Waals surface area contributed by atoms with Gasteiger partial charge in [-0.05, 0) is 41.5 Å². The molecule has 1 saturated heterocycles. The van der Waals surface area contributed by atoms with Crippen LogP contribution in [0.3, 0.4) is 0 Å². The Morgan fingerprint density at radius 3 is 2.24 bits per heavy atom. The molecule has 2 aliphatic rings. The smallest absolute Gasteiger partial charge is 0.270 e. The van der Waals surface area contributed by atoms with Crippen molar-refractivity contribution in [3.63, 3.8) is 0 Å². The minimum atomic E-state index is -3.29. The Bertz CT molecular complexity index is 1080. The number of carbonyl (C=O) groups is 2. The Morgan fingerprint density at radius 2 is 1.76 bits per heavy atom. The van der Waals surface area contributed by atoms with Crippen LogP contribution >= 0.6 is 0 Å². The van der Waals surface area contributed by atoms with Crippen molar-refractivity contribution in [1.29, 1.82) is 5.26 Å². The third-order valence-corrected chi connectivity index (χ3v) is 7.18. The summed E-state index contributed by atoms with van der Waals surface area (Å²) in [6.07, 6.45) is 1.86. The molecule has 1 atom stereocenters. The number of rotatable bonds is 2. The number of benzene rings is 1. The SMILES string of the molecule is CC1=C(C#N)C(=O)N(C2CCS(=O)(=O)C2)C(=O)C1=Cc1ccc(C(C)(C)C)cc1. The van der Waals surface area contributed by atoms with Gasteiger partial charge in [0.25, 0.3) is 11.8 Å². The molecule has 0 aliphatic carbocycles.